The van der Waals surface area contributed by atoms with Gasteiger partial charge in [0.05, 0.1) is 0 Å². The summed E-state index contributed by atoms with van der Waals surface area (Å²) in [5, 5.41) is 0. The number of rotatable bonds is 4. The smallest absolute Gasteiger partial charge is 0.163 e. The van der Waals surface area contributed by atoms with Crippen LogP contribution in [0.5, 0.6) is 0 Å². The van der Waals surface area contributed by atoms with Crippen LogP contribution in [0.3, 0.4) is 0 Å². The van der Waals surface area contributed by atoms with Crippen molar-refractivity contribution < 1.29 is 0 Å². The monoisotopic (exact) mass is 373 g/mol. The number of hydrogen-bond acceptors (Lipinski definition) is 5. The van der Waals surface area contributed by atoms with Gasteiger partial charge in [0.2, 0.25) is 0 Å². The Hall–Kier alpha value is -2.79. The normalized spacial score (nSPS) is 18.1. The van der Waals surface area contributed by atoms with Gasteiger partial charge in [0, 0.05) is 61.9 Å². The van der Waals surface area contributed by atoms with Gasteiger partial charge in [-0.05, 0) is 38.0 Å². The Morgan fingerprint density at radius 2 is 1.86 bits per heavy atom. The molecule has 0 radical (unpaired) electrons. The maximum atomic E-state index is 4.86. The molecule has 1 saturated heterocycles. The molecule has 2 aromatic heterocycles. The first-order valence-corrected chi connectivity index (χ1v) is 9.98. The Morgan fingerprint density at radius 3 is 2.64 bits per heavy atom. The highest BCUT2D eigenvalue weighted by molar-refractivity contribution is 5.56. The van der Waals surface area contributed by atoms with E-state index in [0.29, 0.717) is 6.04 Å². The average molecular weight is 374 g/mol. The van der Waals surface area contributed by atoms with Crippen molar-refractivity contribution in [2.75, 3.05) is 24.5 Å². The first kappa shape index (κ1) is 18.6. The molecule has 144 valence electrons. The van der Waals surface area contributed by atoms with Crippen LogP contribution in [-0.2, 0) is 6.54 Å². The zero-order chi connectivity index (χ0) is 19.3. The third-order valence-electron chi connectivity index (χ3n) is 5.41. The Morgan fingerprint density at radius 1 is 1.00 bits per heavy atom. The van der Waals surface area contributed by atoms with E-state index in [2.05, 4.69) is 63.1 Å². The van der Waals surface area contributed by atoms with Gasteiger partial charge in [0.1, 0.15) is 5.82 Å². The van der Waals surface area contributed by atoms with Gasteiger partial charge >= 0.3 is 0 Å². The van der Waals surface area contributed by atoms with E-state index < -0.39 is 0 Å². The van der Waals surface area contributed by atoms with Crippen molar-refractivity contribution in [2.24, 2.45) is 0 Å². The van der Waals surface area contributed by atoms with E-state index in [1.165, 1.54) is 5.56 Å². The fourth-order valence-corrected chi connectivity index (χ4v) is 3.73. The predicted octanol–water partition coefficient (Wildman–Crippen LogP) is 3.95. The van der Waals surface area contributed by atoms with Crippen LogP contribution >= 0.6 is 0 Å². The number of aromatic nitrogens is 3. The van der Waals surface area contributed by atoms with Crippen LogP contribution in [0.4, 0.5) is 5.82 Å². The van der Waals surface area contributed by atoms with Crippen LogP contribution in [0.1, 0.15) is 24.6 Å². The summed E-state index contributed by atoms with van der Waals surface area (Å²) in [6.07, 6.45) is 4.72. The highest BCUT2D eigenvalue weighted by atomic mass is 15.3. The molecule has 1 fully saturated rings. The predicted molar refractivity (Wildman–Crippen MR) is 113 cm³/mol. The lowest BCUT2D eigenvalue weighted by Gasteiger charge is -2.26. The number of hydrogen-bond donors (Lipinski definition) is 0. The van der Waals surface area contributed by atoms with Crippen LogP contribution in [0.2, 0.25) is 0 Å². The molecule has 28 heavy (non-hydrogen) atoms. The molecule has 0 amide bonds. The van der Waals surface area contributed by atoms with E-state index in [9.17, 15) is 0 Å². The summed E-state index contributed by atoms with van der Waals surface area (Å²) in [6, 6.07) is 17.3. The van der Waals surface area contributed by atoms with Crippen molar-refractivity contribution in [3.63, 3.8) is 0 Å². The largest absolute Gasteiger partial charge is 0.355 e. The SMILES string of the molecule is Cc1cc(N2CCC(C)N(Cc3ccccc3)CC2)nc(-c2cccnc2)n1. The second-order valence-electron chi connectivity index (χ2n) is 7.51. The van der Waals surface area contributed by atoms with Gasteiger partial charge in [-0.1, -0.05) is 30.3 Å². The minimum atomic E-state index is 0.547. The van der Waals surface area contributed by atoms with E-state index >= 15 is 0 Å². The van der Waals surface area contributed by atoms with E-state index in [4.69, 9.17) is 4.98 Å². The molecule has 3 aromatic rings. The van der Waals surface area contributed by atoms with Crippen molar-refractivity contribution in [3.8, 4) is 11.4 Å². The summed E-state index contributed by atoms with van der Waals surface area (Å²) in [4.78, 5) is 18.7. The van der Waals surface area contributed by atoms with Gasteiger partial charge in [-0.15, -0.1) is 0 Å². The summed E-state index contributed by atoms with van der Waals surface area (Å²) in [5.41, 5.74) is 3.32. The van der Waals surface area contributed by atoms with E-state index in [0.717, 1.165) is 55.5 Å². The second kappa shape index (κ2) is 8.48. The number of benzene rings is 1. The van der Waals surface area contributed by atoms with Crippen LogP contribution in [0.25, 0.3) is 11.4 Å². The maximum absolute atomic E-state index is 4.86. The van der Waals surface area contributed by atoms with Gasteiger partial charge in [0.15, 0.2) is 5.82 Å². The summed E-state index contributed by atoms with van der Waals surface area (Å²) in [7, 11) is 0. The molecule has 4 rings (SSSR count). The van der Waals surface area contributed by atoms with Crippen molar-refractivity contribution >= 4 is 5.82 Å². The lowest BCUT2D eigenvalue weighted by atomic mass is 10.1. The van der Waals surface area contributed by atoms with Crippen LogP contribution in [0, 0.1) is 6.92 Å². The third kappa shape index (κ3) is 4.37. The van der Waals surface area contributed by atoms with Crippen molar-refractivity contribution in [2.45, 2.75) is 32.9 Å². The van der Waals surface area contributed by atoms with Crippen LogP contribution in [0.15, 0.2) is 60.9 Å². The molecule has 0 N–H and O–H groups in total. The van der Waals surface area contributed by atoms with Gasteiger partial charge in [-0.3, -0.25) is 9.88 Å². The molecule has 5 nitrogen and oxygen atoms in total. The van der Waals surface area contributed by atoms with Gasteiger partial charge in [-0.2, -0.15) is 0 Å². The second-order valence-corrected chi connectivity index (χ2v) is 7.51. The fraction of sp³-hybridized carbons (Fsp3) is 0.348. The minimum absolute atomic E-state index is 0.547. The van der Waals surface area contributed by atoms with Gasteiger partial charge in [0.25, 0.3) is 0 Å². The van der Waals surface area contributed by atoms with Crippen LogP contribution < -0.4 is 4.90 Å². The molecule has 1 unspecified atom stereocenters. The van der Waals surface area contributed by atoms with Gasteiger partial charge in [-0.25, -0.2) is 9.97 Å². The average Bonchev–Trinajstić information content (AvgIpc) is 2.91. The zero-order valence-corrected chi connectivity index (χ0v) is 16.6. The summed E-state index contributed by atoms with van der Waals surface area (Å²) in [5.74, 6) is 1.77. The first-order valence-electron chi connectivity index (χ1n) is 9.98. The van der Waals surface area contributed by atoms with Crippen LogP contribution in [-0.4, -0.2) is 45.5 Å². The van der Waals surface area contributed by atoms with E-state index in [1.807, 2.05) is 25.3 Å². The molecule has 0 spiro atoms. The number of aryl methyl sites for hydroxylation is 1. The third-order valence-corrected chi connectivity index (χ3v) is 5.41. The number of anilines is 1. The molecule has 1 atom stereocenters. The van der Waals surface area contributed by atoms with E-state index in [1.54, 1.807) is 6.20 Å². The summed E-state index contributed by atoms with van der Waals surface area (Å²) < 4.78 is 0. The topological polar surface area (TPSA) is 45.2 Å². The van der Waals surface area contributed by atoms with Gasteiger partial charge < -0.3 is 4.90 Å². The lowest BCUT2D eigenvalue weighted by Crippen LogP contribution is -2.34. The molecule has 0 bridgehead atoms. The van der Waals surface area contributed by atoms with Crippen molar-refractivity contribution in [1.82, 2.24) is 19.9 Å². The Bertz CT molecular complexity index is 897. The molecular weight excluding hydrogens is 346 g/mol. The summed E-state index contributed by atoms with van der Waals surface area (Å²) >= 11 is 0. The Labute approximate surface area is 167 Å². The fourth-order valence-electron chi connectivity index (χ4n) is 3.73. The van der Waals surface area contributed by atoms with Crippen molar-refractivity contribution in [3.05, 3.63) is 72.2 Å². The molecule has 1 aromatic carbocycles. The first-order chi connectivity index (χ1) is 13.7. The molecule has 0 aliphatic carbocycles. The van der Waals surface area contributed by atoms with E-state index in [-0.39, 0.29) is 0 Å². The standard InChI is InChI=1S/C23H27N5/c1-18-15-22(26-23(25-18)21-9-6-11-24-16-21)27-12-10-19(2)28(14-13-27)17-20-7-4-3-5-8-20/h3-9,11,15-16,19H,10,12-14,17H2,1-2H3. The Balaban J connectivity index is 1.52. The summed E-state index contributed by atoms with van der Waals surface area (Å²) in [6.45, 7) is 8.38. The molecule has 1 aliphatic rings. The highest BCUT2D eigenvalue weighted by Crippen LogP contribution is 2.22. The molecule has 3 heterocycles. The lowest BCUT2D eigenvalue weighted by molar-refractivity contribution is 0.212. The number of nitrogens with zero attached hydrogens (tertiary/aromatic N) is 5. The Kier molecular flexibility index (Phi) is 5.63. The van der Waals surface area contributed by atoms with Crippen molar-refractivity contribution in [1.29, 1.82) is 0 Å². The highest BCUT2D eigenvalue weighted by Gasteiger charge is 2.22. The quantitative estimate of drug-likeness (QED) is 0.693. The zero-order valence-electron chi connectivity index (χ0n) is 16.6. The molecule has 5 heteroatoms. The minimum Gasteiger partial charge on any atom is -0.355 e. The number of pyridine rings is 1. The molecular formula is C23H27N5. The maximum Gasteiger partial charge on any atom is 0.163 e. The molecule has 0 saturated carbocycles. The molecule has 1 aliphatic heterocycles.